The molecule has 0 atom stereocenters. The highest BCUT2D eigenvalue weighted by Crippen LogP contribution is 2.28. The molecule has 0 radical (unpaired) electrons. The number of ether oxygens (including phenoxy) is 4. The highest BCUT2D eigenvalue weighted by molar-refractivity contribution is 5.81. The van der Waals surface area contributed by atoms with Crippen LogP contribution in [-0.2, 0) is 9.47 Å². The zero-order valence-corrected chi connectivity index (χ0v) is 19.2. The van der Waals surface area contributed by atoms with Gasteiger partial charge in [-0.05, 0) is 37.6 Å². The molecule has 178 valence electrons. The molecule has 2 aliphatic rings. The SMILES string of the molecule is CCOc1ccc(C=NNc2nc(N3CCOCC3)nc(N3CCOCC3)n2)cc1OCC. The maximum Gasteiger partial charge on any atom is 0.250 e. The lowest BCUT2D eigenvalue weighted by molar-refractivity contribution is 0.121. The Balaban J connectivity index is 1.52. The van der Waals surface area contributed by atoms with Crippen molar-refractivity contribution in [1.29, 1.82) is 0 Å². The van der Waals surface area contributed by atoms with Crippen molar-refractivity contribution in [1.82, 2.24) is 15.0 Å². The lowest BCUT2D eigenvalue weighted by Crippen LogP contribution is -2.40. The fraction of sp³-hybridized carbons (Fsp3) is 0.545. The van der Waals surface area contributed by atoms with Gasteiger partial charge >= 0.3 is 0 Å². The summed E-state index contributed by atoms with van der Waals surface area (Å²) in [5.41, 5.74) is 3.83. The molecule has 3 heterocycles. The van der Waals surface area contributed by atoms with E-state index >= 15 is 0 Å². The molecular formula is C22H31N7O4. The van der Waals surface area contributed by atoms with Crippen LogP contribution in [0.2, 0.25) is 0 Å². The van der Waals surface area contributed by atoms with Crippen molar-refractivity contribution in [2.75, 3.05) is 81.0 Å². The van der Waals surface area contributed by atoms with Crippen LogP contribution in [-0.4, -0.2) is 87.0 Å². The number of aromatic nitrogens is 3. The average molecular weight is 458 g/mol. The van der Waals surface area contributed by atoms with Crippen molar-refractivity contribution in [3.63, 3.8) is 0 Å². The highest BCUT2D eigenvalue weighted by Gasteiger charge is 2.20. The molecular weight excluding hydrogens is 426 g/mol. The summed E-state index contributed by atoms with van der Waals surface area (Å²) >= 11 is 0. The fourth-order valence-electron chi connectivity index (χ4n) is 3.53. The van der Waals surface area contributed by atoms with Gasteiger partial charge in [-0.1, -0.05) is 0 Å². The largest absolute Gasteiger partial charge is 0.490 e. The maximum atomic E-state index is 5.69. The Morgan fingerprint density at radius 2 is 1.45 bits per heavy atom. The van der Waals surface area contributed by atoms with E-state index in [4.69, 9.17) is 23.9 Å². The number of nitrogens with one attached hydrogen (secondary N) is 1. The molecule has 2 aromatic rings. The number of rotatable bonds is 9. The number of morpholine rings is 2. The Bertz CT molecular complexity index is 895. The van der Waals surface area contributed by atoms with Crippen molar-refractivity contribution >= 4 is 24.1 Å². The molecule has 0 saturated carbocycles. The lowest BCUT2D eigenvalue weighted by atomic mass is 10.2. The normalized spacial score (nSPS) is 16.8. The van der Waals surface area contributed by atoms with Gasteiger partial charge in [0.1, 0.15) is 0 Å². The van der Waals surface area contributed by atoms with Crippen LogP contribution < -0.4 is 24.7 Å². The molecule has 33 heavy (non-hydrogen) atoms. The molecule has 1 aromatic carbocycles. The summed E-state index contributed by atoms with van der Waals surface area (Å²) in [6.07, 6.45) is 1.70. The number of hydrazone groups is 1. The van der Waals surface area contributed by atoms with Crippen LogP contribution >= 0.6 is 0 Å². The minimum Gasteiger partial charge on any atom is -0.490 e. The Kier molecular flexibility index (Phi) is 8.09. The van der Waals surface area contributed by atoms with Gasteiger partial charge in [-0.25, -0.2) is 5.43 Å². The molecule has 0 spiro atoms. The number of benzene rings is 1. The maximum absolute atomic E-state index is 5.69. The molecule has 4 rings (SSSR count). The third kappa shape index (κ3) is 6.20. The first kappa shape index (κ1) is 23.0. The summed E-state index contributed by atoms with van der Waals surface area (Å²) in [4.78, 5) is 18.1. The third-order valence-electron chi connectivity index (χ3n) is 5.15. The number of hydrogen-bond donors (Lipinski definition) is 1. The monoisotopic (exact) mass is 457 g/mol. The van der Waals surface area contributed by atoms with Crippen molar-refractivity contribution in [3.8, 4) is 11.5 Å². The van der Waals surface area contributed by atoms with Crippen LogP contribution in [0.25, 0.3) is 0 Å². The van der Waals surface area contributed by atoms with Crippen LogP contribution in [0.1, 0.15) is 19.4 Å². The van der Waals surface area contributed by atoms with Crippen molar-refractivity contribution < 1.29 is 18.9 Å². The van der Waals surface area contributed by atoms with Gasteiger partial charge in [-0.15, -0.1) is 0 Å². The molecule has 2 aliphatic heterocycles. The molecule has 0 amide bonds. The Labute approximate surface area is 193 Å². The molecule has 1 aromatic heterocycles. The topological polar surface area (TPSA) is 106 Å². The van der Waals surface area contributed by atoms with Gasteiger partial charge < -0.3 is 28.7 Å². The van der Waals surface area contributed by atoms with Gasteiger partial charge in [-0.3, -0.25) is 0 Å². The van der Waals surface area contributed by atoms with E-state index in [1.807, 2.05) is 32.0 Å². The number of nitrogens with zero attached hydrogens (tertiary/aromatic N) is 6. The molecule has 2 saturated heterocycles. The van der Waals surface area contributed by atoms with Gasteiger partial charge in [0.25, 0.3) is 0 Å². The third-order valence-corrected chi connectivity index (χ3v) is 5.15. The zero-order valence-electron chi connectivity index (χ0n) is 19.2. The molecule has 2 fully saturated rings. The summed E-state index contributed by atoms with van der Waals surface area (Å²) in [7, 11) is 0. The highest BCUT2D eigenvalue weighted by atomic mass is 16.5. The van der Waals surface area contributed by atoms with E-state index in [2.05, 4.69) is 30.3 Å². The van der Waals surface area contributed by atoms with Crippen LogP contribution in [0.3, 0.4) is 0 Å². The molecule has 0 bridgehead atoms. The van der Waals surface area contributed by atoms with Crippen LogP contribution in [0, 0.1) is 0 Å². The Morgan fingerprint density at radius 3 is 2.03 bits per heavy atom. The van der Waals surface area contributed by atoms with E-state index < -0.39 is 0 Å². The minimum absolute atomic E-state index is 0.389. The van der Waals surface area contributed by atoms with E-state index in [1.54, 1.807) is 6.21 Å². The fourth-order valence-corrected chi connectivity index (χ4v) is 3.53. The Hall–Kier alpha value is -3.18. The van der Waals surface area contributed by atoms with E-state index in [1.165, 1.54) is 0 Å². The molecule has 0 aliphatic carbocycles. The minimum atomic E-state index is 0.389. The summed E-state index contributed by atoms with van der Waals surface area (Å²) in [6.45, 7) is 10.6. The molecule has 11 nitrogen and oxygen atoms in total. The summed E-state index contributed by atoms with van der Waals surface area (Å²) in [5.74, 6) is 3.03. The van der Waals surface area contributed by atoms with E-state index in [0.717, 1.165) is 31.7 Å². The summed E-state index contributed by atoms with van der Waals surface area (Å²) < 4.78 is 22.2. The smallest absolute Gasteiger partial charge is 0.250 e. The zero-order chi connectivity index (χ0) is 22.9. The average Bonchev–Trinajstić information content (AvgIpc) is 2.87. The van der Waals surface area contributed by atoms with Gasteiger partial charge in [-0.2, -0.15) is 20.1 Å². The first-order valence-corrected chi connectivity index (χ1v) is 11.4. The molecule has 0 unspecified atom stereocenters. The van der Waals surface area contributed by atoms with E-state index in [9.17, 15) is 0 Å². The second-order valence-corrected chi connectivity index (χ2v) is 7.40. The van der Waals surface area contributed by atoms with Crippen LogP contribution in [0.4, 0.5) is 17.8 Å². The van der Waals surface area contributed by atoms with Crippen LogP contribution in [0.15, 0.2) is 23.3 Å². The summed E-state index contributed by atoms with van der Waals surface area (Å²) in [5, 5.41) is 4.35. The van der Waals surface area contributed by atoms with Gasteiger partial charge in [0.2, 0.25) is 17.8 Å². The van der Waals surface area contributed by atoms with Gasteiger partial charge in [0.05, 0.1) is 45.9 Å². The van der Waals surface area contributed by atoms with Crippen molar-refractivity contribution in [2.45, 2.75) is 13.8 Å². The predicted molar refractivity (Wildman–Crippen MR) is 126 cm³/mol. The predicted octanol–water partition coefficient (Wildman–Crippen LogP) is 1.79. The van der Waals surface area contributed by atoms with Gasteiger partial charge in [0.15, 0.2) is 11.5 Å². The first-order valence-electron chi connectivity index (χ1n) is 11.4. The first-order chi connectivity index (χ1) is 16.3. The van der Waals surface area contributed by atoms with Gasteiger partial charge in [0, 0.05) is 26.2 Å². The van der Waals surface area contributed by atoms with E-state index in [0.29, 0.717) is 69.0 Å². The standard InChI is InChI=1S/C22H31N7O4/c1-3-32-18-6-5-17(15-19(18)33-4-2)16-23-27-20-24-21(28-7-11-30-12-8-28)26-22(25-20)29-9-13-31-14-10-29/h5-6,15-16H,3-4,7-14H2,1-2H3,(H,24,25,26,27). The summed E-state index contributed by atoms with van der Waals surface area (Å²) in [6, 6.07) is 5.70. The van der Waals surface area contributed by atoms with Crippen molar-refractivity contribution in [3.05, 3.63) is 23.8 Å². The second-order valence-electron chi connectivity index (χ2n) is 7.40. The number of hydrogen-bond acceptors (Lipinski definition) is 11. The van der Waals surface area contributed by atoms with E-state index in [-0.39, 0.29) is 0 Å². The molecule has 11 heteroatoms. The number of anilines is 3. The molecule has 1 N–H and O–H groups in total. The van der Waals surface area contributed by atoms with Crippen molar-refractivity contribution in [2.24, 2.45) is 5.10 Å². The van der Waals surface area contributed by atoms with Crippen LogP contribution in [0.5, 0.6) is 11.5 Å². The second kappa shape index (κ2) is 11.6. The Morgan fingerprint density at radius 1 is 0.879 bits per heavy atom. The quantitative estimate of drug-likeness (QED) is 0.442. The lowest BCUT2D eigenvalue weighted by Gasteiger charge is -2.30.